The Morgan fingerprint density at radius 2 is 0.475 bits per heavy atom. The summed E-state index contributed by atoms with van der Waals surface area (Å²) in [4.78, 5) is 19.1. The fourth-order valence-corrected chi connectivity index (χ4v) is 9.84. The quantitative estimate of drug-likeness (QED) is 0.0484. The van der Waals surface area contributed by atoms with E-state index in [0.717, 1.165) is 31.4 Å². The molecule has 1 radical (unpaired) electrons. The predicted molar refractivity (Wildman–Crippen MR) is 271 cm³/mol. The summed E-state index contributed by atoms with van der Waals surface area (Å²) in [5.74, 6) is 0.804. The number of hydrogen-bond donors (Lipinski definition) is 0. The minimum absolute atomic E-state index is 0.215. The van der Waals surface area contributed by atoms with Gasteiger partial charge in [0.1, 0.15) is 0 Å². The molecule has 1 amide bonds. The maximum atomic E-state index is 12.6. The van der Waals surface area contributed by atoms with Crippen LogP contribution in [0.15, 0.2) is 0 Å². The molecular formula is C58H108NO2. The van der Waals surface area contributed by atoms with E-state index < -0.39 is 0 Å². The lowest BCUT2D eigenvalue weighted by molar-refractivity contribution is -0.126. The van der Waals surface area contributed by atoms with E-state index in [1.807, 2.05) is 0 Å². The summed E-state index contributed by atoms with van der Waals surface area (Å²) in [6, 6.07) is 0. The van der Waals surface area contributed by atoms with E-state index in [1.165, 1.54) is 274 Å². The maximum absolute atomic E-state index is 12.6. The van der Waals surface area contributed by atoms with Crippen molar-refractivity contribution in [3.8, 4) is 5.75 Å². The lowest BCUT2D eigenvalue weighted by Gasteiger charge is -2.27. The normalized spacial score (nSPS) is 11.5. The van der Waals surface area contributed by atoms with Crippen molar-refractivity contribution in [2.75, 3.05) is 0 Å². The summed E-state index contributed by atoms with van der Waals surface area (Å²) in [6.45, 7) is 13.2. The Labute approximate surface area is 383 Å². The van der Waals surface area contributed by atoms with Crippen LogP contribution in [0.1, 0.15) is 326 Å². The van der Waals surface area contributed by atoms with Gasteiger partial charge in [-0.25, -0.2) is 0 Å². The Bertz CT molecular complexity index is 1040. The lowest BCUT2D eigenvalue weighted by Crippen LogP contribution is -2.20. The lowest BCUT2D eigenvalue weighted by atomic mass is 9.80. The molecule has 0 heterocycles. The van der Waals surface area contributed by atoms with Crippen LogP contribution in [0.5, 0.6) is 5.75 Å². The summed E-state index contributed by atoms with van der Waals surface area (Å²) in [5, 5.41) is 0. The number of benzene rings is 1. The fraction of sp³-hybridized carbons (Fsp3) is 0.879. The van der Waals surface area contributed by atoms with Gasteiger partial charge in [0.2, 0.25) is 0 Å². The molecule has 0 aliphatic carbocycles. The highest BCUT2D eigenvalue weighted by Gasteiger charge is 2.25. The van der Waals surface area contributed by atoms with Crippen LogP contribution in [0.25, 0.3) is 0 Å². The summed E-state index contributed by atoms with van der Waals surface area (Å²) >= 11 is 0. The molecule has 0 saturated carbocycles. The molecule has 3 heteroatoms. The third-order valence-corrected chi connectivity index (χ3v) is 13.7. The summed E-state index contributed by atoms with van der Waals surface area (Å²) in [7, 11) is 0. The molecule has 0 unspecified atom stereocenters. The van der Waals surface area contributed by atoms with Gasteiger partial charge in [-0.3, -0.25) is 4.79 Å². The third kappa shape index (κ3) is 31.1. The van der Waals surface area contributed by atoms with Gasteiger partial charge in [0.15, 0.2) is 5.75 Å². The largest absolute Gasteiger partial charge is 0.353 e. The second kappa shape index (κ2) is 43.7. The zero-order chi connectivity index (χ0) is 44.3. The number of rotatable bonds is 47. The first-order chi connectivity index (χ1) is 30.0. The number of carbonyl (C=O) groups excluding carboxylic acids is 1. The Hall–Kier alpha value is -1.51. The van der Waals surface area contributed by atoms with E-state index in [9.17, 15) is 4.79 Å². The van der Waals surface area contributed by atoms with Crippen molar-refractivity contribution in [2.24, 2.45) is 0 Å². The highest BCUT2D eigenvalue weighted by atomic mass is 16.7. The number of carbonyl (C=O) groups is 1. The van der Waals surface area contributed by atoms with Gasteiger partial charge in [-0.15, -0.1) is 0 Å². The third-order valence-electron chi connectivity index (χ3n) is 13.7. The molecule has 0 aliphatic rings. The molecule has 0 aliphatic heterocycles. The first-order valence-electron chi connectivity index (χ1n) is 28.1. The molecule has 0 spiro atoms. The van der Waals surface area contributed by atoms with E-state index >= 15 is 0 Å². The van der Waals surface area contributed by atoms with Crippen LogP contribution in [-0.2, 0) is 36.9 Å². The van der Waals surface area contributed by atoms with Crippen LogP contribution in [-0.4, -0.2) is 5.91 Å². The van der Waals surface area contributed by atoms with Gasteiger partial charge in [0.25, 0.3) is 5.91 Å². The predicted octanol–water partition coefficient (Wildman–Crippen LogP) is 19.5. The average Bonchev–Trinajstić information content (AvgIpc) is 3.26. The molecule has 0 saturated heterocycles. The summed E-state index contributed by atoms with van der Waals surface area (Å²) in [5.41, 5.74) is 12.1. The van der Waals surface area contributed by atoms with Gasteiger partial charge in [-0.1, -0.05) is 259 Å². The van der Waals surface area contributed by atoms with E-state index in [4.69, 9.17) is 4.84 Å². The Balaban J connectivity index is 3.65. The molecule has 1 rings (SSSR count). The molecule has 0 aromatic heterocycles. The minimum Gasteiger partial charge on any atom is -0.353 e. The van der Waals surface area contributed by atoms with Crippen LogP contribution in [0.4, 0.5) is 0 Å². The van der Waals surface area contributed by atoms with Gasteiger partial charge in [0, 0.05) is 18.1 Å². The first-order valence-corrected chi connectivity index (χ1v) is 28.1. The smallest absolute Gasteiger partial charge is 0.278 e. The van der Waals surface area contributed by atoms with Crippen molar-refractivity contribution < 1.29 is 9.63 Å². The van der Waals surface area contributed by atoms with Crippen molar-refractivity contribution in [3.63, 3.8) is 0 Å². The molecule has 0 bridgehead atoms. The Morgan fingerprint density at radius 3 is 0.689 bits per heavy atom. The summed E-state index contributed by atoms with van der Waals surface area (Å²) < 4.78 is 0. The van der Waals surface area contributed by atoms with E-state index in [2.05, 4.69) is 40.1 Å². The van der Waals surface area contributed by atoms with Crippen molar-refractivity contribution >= 4 is 5.91 Å². The van der Waals surface area contributed by atoms with E-state index in [1.54, 1.807) is 23.6 Å². The highest BCUT2D eigenvalue weighted by Crippen LogP contribution is 2.40. The van der Waals surface area contributed by atoms with Gasteiger partial charge in [-0.2, -0.15) is 0 Å². The van der Waals surface area contributed by atoms with Crippen molar-refractivity contribution in [2.45, 2.75) is 330 Å². The first kappa shape index (κ1) is 57.5. The monoisotopic (exact) mass is 851 g/mol. The number of unbranched alkanes of at least 4 members (excludes halogenated alkanes) is 35. The van der Waals surface area contributed by atoms with Gasteiger partial charge < -0.3 is 4.84 Å². The van der Waals surface area contributed by atoms with Gasteiger partial charge >= 0.3 is 0 Å². The SMILES string of the molecule is CCCCCCCCCCc1c(CCCCCCCCCC)c(CCCCCCCCCC)c(O[N]C(C)=O)c(CCCCCCCCCC)c1CCCCCCCCCC. The maximum Gasteiger partial charge on any atom is 0.278 e. The van der Waals surface area contributed by atoms with Crippen LogP contribution < -0.4 is 10.3 Å². The molecule has 0 N–H and O–H groups in total. The Morgan fingerprint density at radius 1 is 0.295 bits per heavy atom. The number of hydrogen-bond acceptors (Lipinski definition) is 2. The number of amides is 1. The number of hydroxylamine groups is 1. The minimum atomic E-state index is -0.215. The molecule has 0 fully saturated rings. The standard InChI is InChI=1S/C58H108NO2/c1-7-12-17-22-27-32-37-42-47-53-54(48-43-38-33-28-23-18-13-8-2)56(50-45-40-35-30-25-20-15-10-4)58(61-59-52(6)60)57(51-46-41-36-31-26-21-16-11-5)55(53)49-44-39-34-29-24-19-14-9-3/h7-51H2,1-6H3. The summed E-state index contributed by atoms with van der Waals surface area (Å²) in [6.07, 6.45) is 59.5. The second-order valence-corrected chi connectivity index (χ2v) is 19.5. The molecular weight excluding hydrogens is 743 g/mol. The number of nitrogens with zero attached hydrogens (tertiary/aromatic N) is 1. The van der Waals surface area contributed by atoms with Crippen molar-refractivity contribution in [1.82, 2.24) is 5.48 Å². The van der Waals surface area contributed by atoms with Gasteiger partial charge in [0.05, 0.1) is 0 Å². The topological polar surface area (TPSA) is 40.4 Å². The molecule has 1 aromatic carbocycles. The van der Waals surface area contributed by atoms with E-state index in [-0.39, 0.29) is 5.91 Å². The average molecular weight is 852 g/mol. The Kier molecular flexibility index (Phi) is 41.2. The van der Waals surface area contributed by atoms with Crippen LogP contribution in [0, 0.1) is 0 Å². The molecule has 3 nitrogen and oxygen atoms in total. The molecule has 0 atom stereocenters. The zero-order valence-electron chi connectivity index (χ0n) is 42.6. The van der Waals surface area contributed by atoms with Crippen LogP contribution in [0.2, 0.25) is 0 Å². The zero-order valence-corrected chi connectivity index (χ0v) is 42.6. The van der Waals surface area contributed by atoms with Crippen molar-refractivity contribution in [1.29, 1.82) is 0 Å². The van der Waals surface area contributed by atoms with E-state index in [0.29, 0.717) is 0 Å². The molecule has 61 heavy (non-hydrogen) atoms. The van der Waals surface area contributed by atoms with Crippen molar-refractivity contribution in [3.05, 3.63) is 27.8 Å². The second-order valence-electron chi connectivity index (χ2n) is 19.5. The van der Waals surface area contributed by atoms with Crippen LogP contribution in [0.3, 0.4) is 0 Å². The molecule has 1 aromatic rings. The highest BCUT2D eigenvalue weighted by molar-refractivity contribution is 5.71. The molecule has 357 valence electrons. The van der Waals surface area contributed by atoms with Gasteiger partial charge in [-0.05, 0) is 86.4 Å². The fourth-order valence-electron chi connectivity index (χ4n) is 9.84. The van der Waals surface area contributed by atoms with Crippen LogP contribution >= 0.6 is 0 Å².